The summed E-state index contributed by atoms with van der Waals surface area (Å²) in [6.07, 6.45) is 4.89. The van der Waals surface area contributed by atoms with Gasteiger partial charge < -0.3 is 10.6 Å². The average Bonchev–Trinajstić information content (AvgIpc) is 2.45. The lowest BCUT2D eigenvalue weighted by atomic mass is 10.1. The van der Waals surface area contributed by atoms with Crippen molar-refractivity contribution >= 4 is 17.7 Å². The van der Waals surface area contributed by atoms with Crippen LogP contribution in [0.4, 0.5) is 5.69 Å². The fraction of sp³-hybridized carbons (Fsp3) is 0.357. The first kappa shape index (κ1) is 14.2. The molecule has 106 valence electrons. The first-order valence-corrected chi connectivity index (χ1v) is 6.53. The van der Waals surface area contributed by atoms with Gasteiger partial charge in [-0.05, 0) is 24.5 Å². The second kappa shape index (κ2) is 6.29. The number of carbonyl (C=O) groups excluding carboxylic acids is 1. The number of hydrogen-bond donors (Lipinski definition) is 1. The van der Waals surface area contributed by atoms with Crippen molar-refractivity contribution in [3.05, 3.63) is 46.0 Å². The molecule has 1 aromatic carbocycles. The molecule has 1 aliphatic rings. The number of nitro benzene ring substituents is 1. The number of likely N-dealkylation sites (tertiary alicyclic amines) is 1. The van der Waals surface area contributed by atoms with Gasteiger partial charge in [-0.2, -0.15) is 0 Å². The van der Waals surface area contributed by atoms with Gasteiger partial charge in [-0.15, -0.1) is 0 Å². The molecule has 20 heavy (non-hydrogen) atoms. The predicted molar refractivity (Wildman–Crippen MR) is 75.9 cm³/mol. The molecule has 1 heterocycles. The lowest BCUT2D eigenvalue weighted by molar-refractivity contribution is -0.384. The molecule has 1 saturated heterocycles. The number of carbonyl (C=O) groups is 1. The van der Waals surface area contributed by atoms with E-state index in [0.29, 0.717) is 18.7 Å². The van der Waals surface area contributed by atoms with Gasteiger partial charge in [0.05, 0.1) is 4.92 Å². The number of nitrogens with zero attached hydrogens (tertiary/aromatic N) is 2. The van der Waals surface area contributed by atoms with Crippen molar-refractivity contribution in [2.24, 2.45) is 5.73 Å². The zero-order valence-electron chi connectivity index (χ0n) is 11.1. The van der Waals surface area contributed by atoms with E-state index in [1.807, 2.05) is 0 Å². The van der Waals surface area contributed by atoms with Gasteiger partial charge in [0, 0.05) is 37.3 Å². The summed E-state index contributed by atoms with van der Waals surface area (Å²) >= 11 is 0. The molecule has 1 aromatic rings. The molecule has 1 aliphatic heterocycles. The minimum absolute atomic E-state index is 0.0135. The number of benzene rings is 1. The molecular formula is C14H17N3O3. The summed E-state index contributed by atoms with van der Waals surface area (Å²) in [6.45, 7) is 1.28. The van der Waals surface area contributed by atoms with Crippen LogP contribution >= 0.6 is 0 Å². The van der Waals surface area contributed by atoms with Crippen LogP contribution in [0.1, 0.15) is 18.4 Å². The van der Waals surface area contributed by atoms with Crippen molar-refractivity contribution in [2.45, 2.75) is 18.9 Å². The van der Waals surface area contributed by atoms with Gasteiger partial charge in [0.25, 0.3) is 5.69 Å². The van der Waals surface area contributed by atoms with Crippen LogP contribution in [-0.2, 0) is 4.79 Å². The normalized spacial score (nSPS) is 19.2. The Morgan fingerprint density at radius 3 is 3.00 bits per heavy atom. The first-order chi connectivity index (χ1) is 9.56. The van der Waals surface area contributed by atoms with Crippen LogP contribution in [0.3, 0.4) is 0 Å². The number of amides is 1. The summed E-state index contributed by atoms with van der Waals surface area (Å²) in [4.78, 5) is 23.9. The molecule has 0 radical (unpaired) electrons. The maximum Gasteiger partial charge on any atom is 0.270 e. The Hall–Kier alpha value is -2.21. The predicted octanol–water partition coefficient (Wildman–Crippen LogP) is 1.56. The quantitative estimate of drug-likeness (QED) is 0.515. The number of piperidine rings is 1. The lowest BCUT2D eigenvalue weighted by Crippen LogP contribution is -2.45. The van der Waals surface area contributed by atoms with E-state index in [2.05, 4.69) is 0 Å². The molecule has 0 bridgehead atoms. The van der Waals surface area contributed by atoms with E-state index in [1.165, 1.54) is 18.2 Å². The minimum atomic E-state index is -0.456. The number of hydrogen-bond acceptors (Lipinski definition) is 4. The molecule has 1 atom stereocenters. The largest absolute Gasteiger partial charge is 0.338 e. The van der Waals surface area contributed by atoms with Gasteiger partial charge in [0.2, 0.25) is 5.91 Å². The Balaban J connectivity index is 2.03. The molecule has 0 unspecified atom stereocenters. The van der Waals surface area contributed by atoms with Crippen LogP contribution in [0.25, 0.3) is 6.08 Å². The third kappa shape index (κ3) is 3.64. The summed E-state index contributed by atoms with van der Waals surface area (Å²) in [6, 6.07) is 6.21. The Bertz CT molecular complexity index is 542. The van der Waals surface area contributed by atoms with Gasteiger partial charge in [0.15, 0.2) is 0 Å². The van der Waals surface area contributed by atoms with Crippen molar-refractivity contribution < 1.29 is 9.72 Å². The van der Waals surface area contributed by atoms with E-state index >= 15 is 0 Å². The van der Waals surface area contributed by atoms with E-state index in [1.54, 1.807) is 23.1 Å². The van der Waals surface area contributed by atoms with Gasteiger partial charge in [0.1, 0.15) is 0 Å². The third-order valence-electron chi connectivity index (χ3n) is 3.27. The van der Waals surface area contributed by atoms with Crippen LogP contribution in [-0.4, -0.2) is 34.9 Å². The molecule has 0 aromatic heterocycles. The molecular weight excluding hydrogens is 258 g/mol. The highest BCUT2D eigenvalue weighted by molar-refractivity contribution is 5.91. The molecule has 1 amide bonds. The van der Waals surface area contributed by atoms with E-state index < -0.39 is 4.92 Å². The first-order valence-electron chi connectivity index (χ1n) is 6.53. The van der Waals surface area contributed by atoms with E-state index in [-0.39, 0.29) is 17.6 Å². The van der Waals surface area contributed by atoms with Crippen molar-refractivity contribution in [2.75, 3.05) is 13.1 Å². The minimum Gasteiger partial charge on any atom is -0.338 e. The molecule has 0 saturated carbocycles. The lowest BCUT2D eigenvalue weighted by Gasteiger charge is -2.29. The average molecular weight is 275 g/mol. The van der Waals surface area contributed by atoms with Gasteiger partial charge in [-0.25, -0.2) is 0 Å². The van der Waals surface area contributed by atoms with E-state index in [4.69, 9.17) is 5.73 Å². The molecule has 0 aliphatic carbocycles. The van der Waals surface area contributed by atoms with Crippen molar-refractivity contribution in [1.82, 2.24) is 4.90 Å². The van der Waals surface area contributed by atoms with Crippen LogP contribution in [0.15, 0.2) is 30.3 Å². The summed E-state index contributed by atoms with van der Waals surface area (Å²) in [5.41, 5.74) is 6.48. The van der Waals surface area contributed by atoms with E-state index in [0.717, 1.165) is 12.8 Å². The number of non-ortho nitro benzene ring substituents is 1. The SMILES string of the molecule is N[C@@H]1CCCN(C(=O)/C=C/c2cccc([N+](=O)[O-])c2)C1. The fourth-order valence-corrected chi connectivity index (χ4v) is 2.23. The zero-order valence-corrected chi connectivity index (χ0v) is 11.1. The van der Waals surface area contributed by atoms with E-state index in [9.17, 15) is 14.9 Å². The van der Waals surface area contributed by atoms with Crippen LogP contribution < -0.4 is 5.73 Å². The Kier molecular flexibility index (Phi) is 4.47. The molecule has 1 fully saturated rings. The highest BCUT2D eigenvalue weighted by Gasteiger charge is 2.19. The van der Waals surface area contributed by atoms with Gasteiger partial charge in [-0.1, -0.05) is 12.1 Å². The summed E-state index contributed by atoms with van der Waals surface area (Å²) in [5.74, 6) is -0.105. The standard InChI is InChI=1S/C14H17N3O3/c15-12-4-2-8-16(10-12)14(18)7-6-11-3-1-5-13(9-11)17(19)20/h1,3,5-7,9,12H,2,4,8,10,15H2/b7-6+/t12-/m1/s1. The number of nitrogens with two attached hydrogens (primary N) is 1. The smallest absolute Gasteiger partial charge is 0.270 e. The fourth-order valence-electron chi connectivity index (χ4n) is 2.23. The monoisotopic (exact) mass is 275 g/mol. The Morgan fingerprint density at radius 1 is 1.50 bits per heavy atom. The maximum absolute atomic E-state index is 12.0. The summed E-state index contributed by atoms with van der Waals surface area (Å²) < 4.78 is 0. The molecule has 6 heteroatoms. The third-order valence-corrected chi connectivity index (χ3v) is 3.27. The number of nitro groups is 1. The second-order valence-electron chi connectivity index (χ2n) is 4.87. The highest BCUT2D eigenvalue weighted by atomic mass is 16.6. The summed E-state index contributed by atoms with van der Waals surface area (Å²) in [5, 5.41) is 10.7. The van der Waals surface area contributed by atoms with Gasteiger partial charge >= 0.3 is 0 Å². The Labute approximate surface area is 117 Å². The highest BCUT2D eigenvalue weighted by Crippen LogP contribution is 2.15. The van der Waals surface area contributed by atoms with Crippen molar-refractivity contribution in [3.63, 3.8) is 0 Å². The zero-order chi connectivity index (χ0) is 14.5. The Morgan fingerprint density at radius 2 is 2.30 bits per heavy atom. The summed E-state index contributed by atoms with van der Waals surface area (Å²) in [7, 11) is 0. The molecule has 0 spiro atoms. The number of rotatable bonds is 3. The second-order valence-corrected chi connectivity index (χ2v) is 4.87. The van der Waals surface area contributed by atoms with Gasteiger partial charge in [-0.3, -0.25) is 14.9 Å². The molecule has 2 rings (SSSR count). The molecule has 2 N–H and O–H groups in total. The van der Waals surface area contributed by atoms with Crippen LogP contribution in [0, 0.1) is 10.1 Å². The van der Waals surface area contributed by atoms with Crippen LogP contribution in [0.5, 0.6) is 0 Å². The van der Waals surface area contributed by atoms with Crippen molar-refractivity contribution in [3.8, 4) is 0 Å². The van der Waals surface area contributed by atoms with Crippen molar-refractivity contribution in [1.29, 1.82) is 0 Å². The maximum atomic E-state index is 12.0. The topological polar surface area (TPSA) is 89.5 Å². The van der Waals surface area contributed by atoms with Crippen LogP contribution in [0.2, 0.25) is 0 Å². The molecule has 6 nitrogen and oxygen atoms in total.